The highest BCUT2D eigenvalue weighted by Gasteiger charge is 2.32. The second-order valence-electron chi connectivity index (χ2n) is 7.01. The molecule has 0 bridgehead atoms. The summed E-state index contributed by atoms with van der Waals surface area (Å²) in [6.45, 7) is 6.38. The van der Waals surface area contributed by atoms with Crippen LogP contribution in [0.5, 0.6) is 0 Å². The Hall–Kier alpha value is -2.04. The summed E-state index contributed by atoms with van der Waals surface area (Å²) in [5.41, 5.74) is 5.07. The van der Waals surface area contributed by atoms with E-state index >= 15 is 0 Å². The topological polar surface area (TPSA) is 148 Å². The largest absolute Gasteiger partial charge is 0.548 e. The minimum Gasteiger partial charge on any atom is -0.508 e. The first-order valence-electron chi connectivity index (χ1n) is 9.27. The van der Waals surface area contributed by atoms with E-state index in [-0.39, 0.29) is 29.4 Å². The van der Waals surface area contributed by atoms with E-state index in [2.05, 4.69) is 10.6 Å². The molecule has 0 aliphatic carbocycles. The predicted octanol–water partition coefficient (Wildman–Crippen LogP) is 1.12. The van der Waals surface area contributed by atoms with Crippen molar-refractivity contribution in [3.8, 4) is 0 Å². The van der Waals surface area contributed by atoms with Gasteiger partial charge in [-0.3, -0.25) is 19.2 Å². The zero-order chi connectivity index (χ0) is 23.4. The number of hydrogen-bond donors (Lipinski definition) is 4. The molecule has 5 N–H and O–H groups in total. The van der Waals surface area contributed by atoms with E-state index in [0.29, 0.717) is 11.5 Å². The van der Waals surface area contributed by atoms with Crippen LogP contribution in [0.15, 0.2) is 21.7 Å². The summed E-state index contributed by atoms with van der Waals surface area (Å²) >= 11 is 11.7. The number of carbonyl (C=O) groups excluding carboxylic acids is 4. The van der Waals surface area contributed by atoms with Crippen LogP contribution in [0.25, 0.3) is 0 Å². The van der Waals surface area contributed by atoms with E-state index in [4.69, 9.17) is 33.6 Å². The van der Waals surface area contributed by atoms with Crippen LogP contribution in [-0.4, -0.2) is 48.3 Å². The van der Waals surface area contributed by atoms with Crippen molar-refractivity contribution in [1.82, 2.24) is 10.6 Å². The number of amides is 3. The quantitative estimate of drug-likeness (QED) is 0.193. The molecule has 0 aromatic rings. The maximum absolute atomic E-state index is 12.2. The number of nitrogens with one attached hydrogen (secondary N) is 2. The Morgan fingerprint density at radius 3 is 2.23 bits per heavy atom. The molecule has 0 aliphatic rings. The van der Waals surface area contributed by atoms with Crippen molar-refractivity contribution >= 4 is 54.0 Å². The van der Waals surface area contributed by atoms with E-state index in [1.54, 1.807) is 6.92 Å². The number of hydrogen-bond acceptors (Lipinski definition) is 6. The molecule has 9 nitrogen and oxygen atoms in total. The monoisotopic (exact) mass is 463 g/mol. The van der Waals surface area contributed by atoms with Gasteiger partial charge in [-0.1, -0.05) is 37.0 Å². The van der Waals surface area contributed by atoms with Gasteiger partial charge < -0.3 is 26.0 Å². The van der Waals surface area contributed by atoms with Gasteiger partial charge in [-0.2, -0.15) is 0 Å². The van der Waals surface area contributed by atoms with Crippen molar-refractivity contribution < 1.29 is 28.9 Å². The summed E-state index contributed by atoms with van der Waals surface area (Å²) in [5, 5.41) is 15.6. The molecular weight excluding hydrogens is 436 g/mol. The van der Waals surface area contributed by atoms with Gasteiger partial charge in [-0.25, -0.2) is 0 Å². The molecule has 3 amide bonds. The van der Waals surface area contributed by atoms with Crippen molar-refractivity contribution in [2.75, 3.05) is 6.54 Å². The van der Waals surface area contributed by atoms with E-state index < -0.39 is 43.3 Å². The SMILES string of the molecule is C/C(Cl)=C(\C=C(/C)Cl)C(=O)NCC(=O)N[C@@H](CC(C)C)B(O)OC(=O)CCC(N)=O. The fraction of sp³-hybridized carbons (Fsp3) is 0.556. The van der Waals surface area contributed by atoms with Gasteiger partial charge in [0.1, 0.15) is 0 Å². The smallest absolute Gasteiger partial charge is 0.508 e. The summed E-state index contributed by atoms with van der Waals surface area (Å²) in [5.74, 6) is -3.58. The third kappa shape index (κ3) is 12.5. The lowest BCUT2D eigenvalue weighted by Crippen LogP contribution is -2.51. The number of allylic oxidation sites excluding steroid dienone is 2. The summed E-state index contributed by atoms with van der Waals surface area (Å²) in [6.07, 6.45) is 1.16. The van der Waals surface area contributed by atoms with E-state index in [1.807, 2.05) is 13.8 Å². The summed E-state index contributed by atoms with van der Waals surface area (Å²) < 4.78 is 4.86. The maximum Gasteiger partial charge on any atom is 0.548 e. The van der Waals surface area contributed by atoms with Gasteiger partial charge in [0.2, 0.25) is 11.8 Å². The van der Waals surface area contributed by atoms with Gasteiger partial charge in [-0.15, -0.1) is 0 Å². The van der Waals surface area contributed by atoms with Crippen LogP contribution in [0.3, 0.4) is 0 Å². The average Bonchev–Trinajstić information content (AvgIpc) is 2.61. The van der Waals surface area contributed by atoms with Gasteiger partial charge in [0.15, 0.2) is 0 Å². The molecule has 0 aromatic carbocycles. The highest BCUT2D eigenvalue weighted by Crippen LogP contribution is 2.14. The maximum atomic E-state index is 12.2. The van der Waals surface area contributed by atoms with Gasteiger partial charge in [0, 0.05) is 16.5 Å². The first-order valence-corrected chi connectivity index (χ1v) is 10.0. The van der Waals surface area contributed by atoms with Crippen LogP contribution in [0.1, 0.15) is 47.0 Å². The lowest BCUT2D eigenvalue weighted by molar-refractivity contribution is -0.137. The Kier molecular flexibility index (Phi) is 13.1. The number of rotatable bonds is 12. The van der Waals surface area contributed by atoms with Crippen molar-refractivity contribution in [2.24, 2.45) is 11.7 Å². The molecule has 0 spiro atoms. The minimum atomic E-state index is -1.63. The van der Waals surface area contributed by atoms with Crippen LogP contribution in [0, 0.1) is 5.92 Å². The summed E-state index contributed by atoms with van der Waals surface area (Å²) in [4.78, 5) is 46.8. The molecule has 0 saturated heterocycles. The van der Waals surface area contributed by atoms with Crippen LogP contribution >= 0.6 is 23.2 Å². The zero-order valence-corrected chi connectivity index (χ0v) is 19.0. The molecule has 30 heavy (non-hydrogen) atoms. The molecule has 0 aromatic heterocycles. The van der Waals surface area contributed by atoms with Gasteiger partial charge in [-0.05, 0) is 32.3 Å². The minimum absolute atomic E-state index is 0.0501. The van der Waals surface area contributed by atoms with E-state index in [0.717, 1.165) is 0 Å². The van der Waals surface area contributed by atoms with E-state index in [9.17, 15) is 24.2 Å². The Labute approximate surface area is 186 Å². The molecule has 0 fully saturated rings. The molecule has 0 rings (SSSR count). The number of nitrogens with two attached hydrogens (primary N) is 1. The van der Waals surface area contributed by atoms with Crippen molar-refractivity contribution in [3.63, 3.8) is 0 Å². The zero-order valence-electron chi connectivity index (χ0n) is 17.5. The number of carbonyl (C=O) groups is 4. The molecule has 12 heteroatoms. The van der Waals surface area contributed by atoms with Crippen molar-refractivity contribution in [2.45, 2.75) is 52.9 Å². The predicted molar refractivity (Wildman–Crippen MR) is 115 cm³/mol. The Morgan fingerprint density at radius 1 is 1.17 bits per heavy atom. The lowest BCUT2D eigenvalue weighted by Gasteiger charge is -2.22. The summed E-state index contributed by atoms with van der Waals surface area (Å²) in [7, 11) is -1.63. The molecule has 0 radical (unpaired) electrons. The molecule has 0 heterocycles. The van der Waals surface area contributed by atoms with Gasteiger partial charge >= 0.3 is 7.12 Å². The number of halogens is 2. The third-order valence-electron chi connectivity index (χ3n) is 3.61. The second kappa shape index (κ2) is 14.1. The van der Waals surface area contributed by atoms with E-state index in [1.165, 1.54) is 13.0 Å². The van der Waals surface area contributed by atoms with Gasteiger partial charge in [0.25, 0.3) is 11.9 Å². The third-order valence-corrected chi connectivity index (χ3v) is 3.92. The number of primary amides is 1. The van der Waals surface area contributed by atoms with Gasteiger partial charge in [0.05, 0.1) is 24.5 Å². The highest BCUT2D eigenvalue weighted by molar-refractivity contribution is 6.47. The second-order valence-corrected chi connectivity index (χ2v) is 8.17. The molecule has 0 aliphatic heterocycles. The molecule has 168 valence electrons. The molecule has 1 atom stereocenters. The first kappa shape index (κ1) is 28.0. The first-order chi connectivity index (χ1) is 13.8. The molecule has 0 unspecified atom stereocenters. The molecular formula is C18H28BCl2N3O6. The highest BCUT2D eigenvalue weighted by atomic mass is 35.5. The van der Waals surface area contributed by atoms with Crippen molar-refractivity contribution in [3.05, 3.63) is 21.7 Å². The van der Waals surface area contributed by atoms with Crippen molar-refractivity contribution in [1.29, 1.82) is 0 Å². The normalized spacial score (nSPS) is 13.3. The fourth-order valence-electron chi connectivity index (χ4n) is 2.29. The Bertz CT molecular complexity index is 704. The van der Waals surface area contributed by atoms with Crippen LogP contribution in [0.2, 0.25) is 0 Å². The molecule has 0 saturated carbocycles. The van der Waals surface area contributed by atoms with Crippen LogP contribution in [0.4, 0.5) is 0 Å². The lowest BCUT2D eigenvalue weighted by atomic mass is 9.74. The van der Waals surface area contributed by atoms with Crippen LogP contribution < -0.4 is 16.4 Å². The summed E-state index contributed by atoms with van der Waals surface area (Å²) in [6, 6.07) is 0. The standard InChI is InChI=1S/C18H28BCl2N3O6/c1-10(2)7-14(19(29)30-17(27)6-5-15(22)25)24-16(26)9-23-18(28)13(12(4)21)8-11(3)20/h8,10,14,29H,5-7,9H2,1-4H3,(H2,22,25)(H,23,28)(H,24,26)/b11-8+,13-12-/t14-/m0/s1. The fourth-order valence-corrected chi connectivity index (χ4v) is 2.54. The Balaban J connectivity index is 4.93. The Morgan fingerprint density at radius 2 is 1.77 bits per heavy atom. The van der Waals surface area contributed by atoms with Crippen LogP contribution in [-0.2, 0) is 23.8 Å². The average molecular weight is 464 g/mol.